The monoisotopic (exact) mass is 179 g/mol. The van der Waals surface area contributed by atoms with E-state index >= 15 is 0 Å². The third-order valence-corrected chi connectivity index (χ3v) is 1.74. The normalized spacial score (nSPS) is 9.69. The number of aromatic amines is 1. The highest BCUT2D eigenvalue weighted by Crippen LogP contribution is 1.99. The zero-order valence-electron chi connectivity index (χ0n) is 7.85. The van der Waals surface area contributed by atoms with Crippen molar-refractivity contribution in [3.63, 3.8) is 0 Å². The van der Waals surface area contributed by atoms with E-state index in [1.807, 2.05) is 6.92 Å². The zero-order chi connectivity index (χ0) is 9.84. The Morgan fingerprint density at radius 2 is 2.46 bits per heavy atom. The van der Waals surface area contributed by atoms with E-state index in [4.69, 9.17) is 0 Å². The molecule has 0 atom stereocenters. The summed E-state index contributed by atoms with van der Waals surface area (Å²) in [5, 5.41) is 2.70. The first kappa shape index (κ1) is 9.51. The number of carbonyl (C=O) groups excluding carboxylic acids is 1. The third kappa shape index (κ3) is 2.43. The molecule has 0 aliphatic heterocycles. The van der Waals surface area contributed by atoms with Crippen LogP contribution in [-0.2, 0) is 11.3 Å². The van der Waals surface area contributed by atoms with Gasteiger partial charge in [0.2, 0.25) is 5.91 Å². The van der Waals surface area contributed by atoms with Crippen LogP contribution in [0.15, 0.2) is 18.5 Å². The van der Waals surface area contributed by atoms with Crippen molar-refractivity contribution in [1.29, 1.82) is 0 Å². The van der Waals surface area contributed by atoms with Crippen LogP contribution in [0.1, 0.15) is 18.3 Å². The Kier molecular flexibility index (Phi) is 2.84. The molecule has 70 valence electrons. The van der Waals surface area contributed by atoms with Gasteiger partial charge >= 0.3 is 0 Å². The van der Waals surface area contributed by atoms with Crippen LogP contribution >= 0.6 is 0 Å². The van der Waals surface area contributed by atoms with Crippen molar-refractivity contribution >= 4 is 5.91 Å². The summed E-state index contributed by atoms with van der Waals surface area (Å²) >= 11 is 0. The molecule has 0 unspecified atom stereocenters. The number of rotatable bonds is 3. The van der Waals surface area contributed by atoms with Crippen LogP contribution in [0.3, 0.4) is 0 Å². The highest BCUT2D eigenvalue weighted by molar-refractivity contribution is 5.91. The summed E-state index contributed by atoms with van der Waals surface area (Å²) < 4.78 is 0. The van der Waals surface area contributed by atoms with Crippen molar-refractivity contribution in [2.75, 3.05) is 0 Å². The van der Waals surface area contributed by atoms with Gasteiger partial charge in [-0.05, 0) is 13.8 Å². The van der Waals surface area contributed by atoms with Crippen molar-refractivity contribution in [3.8, 4) is 0 Å². The Bertz CT molecular complexity index is 327. The molecule has 2 N–H and O–H groups in total. The lowest BCUT2D eigenvalue weighted by atomic mass is 10.3. The second-order valence-electron chi connectivity index (χ2n) is 2.94. The molecule has 13 heavy (non-hydrogen) atoms. The second-order valence-corrected chi connectivity index (χ2v) is 2.94. The van der Waals surface area contributed by atoms with Gasteiger partial charge in [-0.3, -0.25) is 4.79 Å². The van der Waals surface area contributed by atoms with Gasteiger partial charge in [0.15, 0.2) is 0 Å². The van der Waals surface area contributed by atoms with E-state index < -0.39 is 0 Å². The Morgan fingerprint density at radius 1 is 1.77 bits per heavy atom. The molecule has 0 fully saturated rings. The molecule has 1 aromatic rings. The fourth-order valence-electron chi connectivity index (χ4n) is 0.880. The molecule has 0 saturated carbocycles. The van der Waals surface area contributed by atoms with Gasteiger partial charge in [0.1, 0.15) is 0 Å². The molecular formula is C9H13N3O. The quantitative estimate of drug-likeness (QED) is 0.677. The summed E-state index contributed by atoms with van der Waals surface area (Å²) in [5.41, 5.74) is 2.34. The number of amides is 1. The lowest BCUT2D eigenvalue weighted by Gasteiger charge is -2.02. The van der Waals surface area contributed by atoms with E-state index in [9.17, 15) is 4.79 Å². The summed E-state index contributed by atoms with van der Waals surface area (Å²) in [6, 6.07) is 0. The first-order valence-electron chi connectivity index (χ1n) is 4.04. The minimum atomic E-state index is -0.137. The van der Waals surface area contributed by atoms with Gasteiger partial charge in [0, 0.05) is 11.3 Å². The average molecular weight is 179 g/mol. The molecule has 0 aliphatic carbocycles. The molecule has 4 heteroatoms. The number of aryl methyl sites for hydroxylation is 1. The summed E-state index contributed by atoms with van der Waals surface area (Å²) in [6.45, 7) is 7.57. The van der Waals surface area contributed by atoms with E-state index in [-0.39, 0.29) is 5.91 Å². The Labute approximate surface area is 77.1 Å². The molecule has 4 nitrogen and oxygen atoms in total. The number of hydrogen-bond donors (Lipinski definition) is 2. The highest BCUT2D eigenvalue weighted by Gasteiger charge is 2.04. The third-order valence-electron chi connectivity index (χ3n) is 1.74. The molecular weight excluding hydrogens is 166 g/mol. The summed E-state index contributed by atoms with van der Waals surface area (Å²) in [5.74, 6) is -0.137. The Balaban J connectivity index is 2.48. The van der Waals surface area contributed by atoms with Crippen molar-refractivity contribution in [1.82, 2.24) is 15.3 Å². The van der Waals surface area contributed by atoms with Gasteiger partial charge in [0.25, 0.3) is 0 Å². The van der Waals surface area contributed by atoms with E-state index in [0.717, 1.165) is 11.4 Å². The van der Waals surface area contributed by atoms with Crippen LogP contribution in [0.2, 0.25) is 0 Å². The number of nitrogens with zero attached hydrogens (tertiary/aromatic N) is 1. The smallest absolute Gasteiger partial charge is 0.246 e. The van der Waals surface area contributed by atoms with Crippen molar-refractivity contribution < 1.29 is 4.79 Å². The van der Waals surface area contributed by atoms with Gasteiger partial charge in [-0.15, -0.1) is 0 Å². The van der Waals surface area contributed by atoms with E-state index in [1.54, 1.807) is 13.3 Å². The van der Waals surface area contributed by atoms with Crippen LogP contribution in [0.25, 0.3) is 0 Å². The predicted octanol–water partition coefficient (Wildman–Crippen LogP) is 0.910. The van der Waals surface area contributed by atoms with E-state index in [2.05, 4.69) is 21.9 Å². The molecule has 0 bridgehead atoms. The maximum atomic E-state index is 11.1. The van der Waals surface area contributed by atoms with Gasteiger partial charge in [0.05, 0.1) is 18.6 Å². The summed E-state index contributed by atoms with van der Waals surface area (Å²) in [7, 11) is 0. The number of imidazole rings is 1. The van der Waals surface area contributed by atoms with E-state index in [1.165, 1.54) is 0 Å². The second kappa shape index (κ2) is 3.89. The Hall–Kier alpha value is -1.58. The van der Waals surface area contributed by atoms with Crippen LogP contribution in [-0.4, -0.2) is 15.9 Å². The first-order chi connectivity index (χ1) is 6.11. The highest BCUT2D eigenvalue weighted by atomic mass is 16.1. The Morgan fingerprint density at radius 3 is 2.92 bits per heavy atom. The standard InChI is InChI=1S/C9H13N3O/c1-6(2)9(13)10-4-8-7(3)11-5-12-8/h5H,1,4H2,2-3H3,(H,10,13)(H,11,12). The molecule has 1 aromatic heterocycles. The average Bonchev–Trinajstić information content (AvgIpc) is 2.47. The number of aromatic nitrogens is 2. The summed E-state index contributed by atoms with van der Waals surface area (Å²) in [4.78, 5) is 18.1. The molecule has 0 saturated heterocycles. The molecule has 0 spiro atoms. The van der Waals surface area contributed by atoms with Crippen LogP contribution < -0.4 is 5.32 Å². The summed E-state index contributed by atoms with van der Waals surface area (Å²) in [6.07, 6.45) is 1.61. The molecule has 0 aromatic carbocycles. The molecule has 0 radical (unpaired) electrons. The van der Waals surface area contributed by atoms with Crippen LogP contribution in [0, 0.1) is 6.92 Å². The molecule has 1 rings (SSSR count). The van der Waals surface area contributed by atoms with Crippen LogP contribution in [0.4, 0.5) is 0 Å². The van der Waals surface area contributed by atoms with Gasteiger partial charge in [-0.1, -0.05) is 6.58 Å². The van der Waals surface area contributed by atoms with Crippen LogP contribution in [0.5, 0.6) is 0 Å². The largest absolute Gasteiger partial charge is 0.348 e. The van der Waals surface area contributed by atoms with Crippen molar-refractivity contribution in [2.45, 2.75) is 20.4 Å². The molecule has 1 heterocycles. The minimum absolute atomic E-state index is 0.137. The SMILES string of the molecule is C=C(C)C(=O)NCc1nc[nH]c1C. The van der Waals surface area contributed by atoms with Gasteiger partial charge in [-0.25, -0.2) is 4.98 Å². The predicted molar refractivity (Wildman–Crippen MR) is 50.0 cm³/mol. The number of nitrogens with one attached hydrogen (secondary N) is 2. The van der Waals surface area contributed by atoms with Gasteiger partial charge < -0.3 is 10.3 Å². The molecule has 1 amide bonds. The first-order valence-corrected chi connectivity index (χ1v) is 4.04. The van der Waals surface area contributed by atoms with Gasteiger partial charge in [-0.2, -0.15) is 0 Å². The maximum absolute atomic E-state index is 11.1. The minimum Gasteiger partial charge on any atom is -0.348 e. The lowest BCUT2D eigenvalue weighted by molar-refractivity contribution is -0.117. The maximum Gasteiger partial charge on any atom is 0.246 e. The fraction of sp³-hybridized carbons (Fsp3) is 0.333. The topological polar surface area (TPSA) is 57.8 Å². The number of hydrogen-bond acceptors (Lipinski definition) is 2. The number of carbonyl (C=O) groups is 1. The van der Waals surface area contributed by atoms with Crippen molar-refractivity contribution in [3.05, 3.63) is 29.9 Å². The van der Waals surface area contributed by atoms with Crippen molar-refractivity contribution in [2.24, 2.45) is 0 Å². The zero-order valence-corrected chi connectivity index (χ0v) is 7.85. The number of H-pyrrole nitrogens is 1. The lowest BCUT2D eigenvalue weighted by Crippen LogP contribution is -2.23. The van der Waals surface area contributed by atoms with E-state index in [0.29, 0.717) is 12.1 Å². The molecule has 0 aliphatic rings. The fourth-order valence-corrected chi connectivity index (χ4v) is 0.880.